The molecule has 21 heavy (non-hydrogen) atoms. The zero-order valence-electron chi connectivity index (χ0n) is 12.6. The third-order valence-corrected chi connectivity index (χ3v) is 4.37. The van der Waals surface area contributed by atoms with Crippen molar-refractivity contribution in [1.29, 1.82) is 0 Å². The highest BCUT2D eigenvalue weighted by Gasteiger charge is 2.23. The summed E-state index contributed by atoms with van der Waals surface area (Å²) in [6, 6.07) is 8.47. The van der Waals surface area contributed by atoms with Crippen molar-refractivity contribution >= 4 is 35.0 Å². The summed E-state index contributed by atoms with van der Waals surface area (Å²) in [4.78, 5) is 6.64. The molecule has 4 nitrogen and oxygen atoms in total. The van der Waals surface area contributed by atoms with Crippen LogP contribution in [0.2, 0.25) is 5.02 Å². The average molecular weight is 327 g/mol. The monoisotopic (exact) mass is 326 g/mol. The number of thioether (sulfide) groups is 1. The molecule has 116 valence electrons. The largest absolute Gasteiger partial charge is 0.369 e. The van der Waals surface area contributed by atoms with Gasteiger partial charge in [0.1, 0.15) is 0 Å². The number of aliphatic imine (C=N–C) groups is 1. The van der Waals surface area contributed by atoms with Gasteiger partial charge < -0.3 is 15.5 Å². The Hall–Kier alpha value is -1.07. The van der Waals surface area contributed by atoms with E-state index in [1.54, 1.807) is 0 Å². The van der Waals surface area contributed by atoms with Crippen molar-refractivity contribution in [3.05, 3.63) is 29.3 Å². The van der Waals surface area contributed by atoms with Crippen LogP contribution in [0.25, 0.3) is 0 Å². The minimum Gasteiger partial charge on any atom is -0.369 e. The zero-order valence-corrected chi connectivity index (χ0v) is 14.2. The molecule has 0 aliphatic carbocycles. The smallest absolute Gasteiger partial charge is 0.191 e. The lowest BCUT2D eigenvalue weighted by atomic mass is 10.3. The fourth-order valence-corrected chi connectivity index (χ4v) is 2.94. The van der Waals surface area contributed by atoms with Gasteiger partial charge in [-0.25, -0.2) is 0 Å². The lowest BCUT2D eigenvalue weighted by Crippen LogP contribution is -2.45. The molecule has 0 aromatic heterocycles. The molecule has 1 fully saturated rings. The molecule has 1 saturated heterocycles. The second-order valence-electron chi connectivity index (χ2n) is 5.05. The van der Waals surface area contributed by atoms with Gasteiger partial charge in [0.05, 0.1) is 0 Å². The van der Waals surface area contributed by atoms with E-state index in [1.165, 1.54) is 5.69 Å². The highest BCUT2D eigenvalue weighted by atomic mass is 35.5. The van der Waals surface area contributed by atoms with Crippen LogP contribution < -0.4 is 15.5 Å². The molecule has 0 saturated carbocycles. The molecular weight excluding hydrogens is 304 g/mol. The van der Waals surface area contributed by atoms with Crippen LogP contribution in [0, 0.1) is 0 Å². The van der Waals surface area contributed by atoms with E-state index < -0.39 is 0 Å². The van der Waals surface area contributed by atoms with Crippen molar-refractivity contribution < 1.29 is 0 Å². The first kappa shape index (κ1) is 16.3. The first-order valence-electron chi connectivity index (χ1n) is 7.19. The number of nitrogens with zero attached hydrogens (tertiary/aromatic N) is 2. The van der Waals surface area contributed by atoms with Gasteiger partial charge >= 0.3 is 0 Å². The highest BCUT2D eigenvalue weighted by Crippen LogP contribution is 2.23. The van der Waals surface area contributed by atoms with Crippen molar-refractivity contribution in [3.63, 3.8) is 0 Å². The average Bonchev–Trinajstić information content (AvgIpc) is 2.95. The summed E-state index contributed by atoms with van der Waals surface area (Å²) in [6.45, 7) is 2.95. The Morgan fingerprint density at radius 2 is 2.38 bits per heavy atom. The minimum absolute atomic E-state index is 0.421. The molecule has 0 radical (unpaired) electrons. The van der Waals surface area contributed by atoms with Gasteiger partial charge in [-0.15, -0.1) is 0 Å². The second-order valence-corrected chi connectivity index (χ2v) is 6.47. The molecule has 1 unspecified atom stereocenters. The Bertz CT molecular complexity index is 480. The first-order valence-corrected chi connectivity index (χ1v) is 8.96. The van der Waals surface area contributed by atoms with E-state index in [2.05, 4.69) is 32.8 Å². The fourth-order valence-electron chi connectivity index (χ4n) is 2.44. The molecule has 1 aliphatic heterocycles. The summed E-state index contributed by atoms with van der Waals surface area (Å²) >= 11 is 7.89. The number of hydrogen-bond acceptors (Lipinski definition) is 3. The minimum atomic E-state index is 0.421. The maximum atomic E-state index is 6.06. The Balaban J connectivity index is 1.84. The molecule has 2 N–H and O–H groups in total. The molecule has 0 bridgehead atoms. The number of nitrogens with one attached hydrogen (secondary N) is 2. The maximum Gasteiger partial charge on any atom is 0.191 e. The first-order chi connectivity index (χ1) is 10.2. The van der Waals surface area contributed by atoms with E-state index in [4.69, 9.17) is 11.6 Å². The van der Waals surface area contributed by atoms with Crippen molar-refractivity contribution in [2.75, 3.05) is 43.6 Å². The lowest BCUT2D eigenvalue weighted by molar-refractivity contribution is 0.652. The maximum absolute atomic E-state index is 6.06. The van der Waals surface area contributed by atoms with Gasteiger partial charge in [-0.1, -0.05) is 17.7 Å². The van der Waals surface area contributed by atoms with Crippen LogP contribution in [0.5, 0.6) is 0 Å². The van der Waals surface area contributed by atoms with Crippen LogP contribution in [-0.2, 0) is 0 Å². The fraction of sp³-hybridized carbons (Fsp3) is 0.533. The number of rotatable bonds is 5. The number of benzene rings is 1. The molecule has 6 heteroatoms. The predicted molar refractivity (Wildman–Crippen MR) is 94.9 cm³/mol. The molecule has 0 spiro atoms. The topological polar surface area (TPSA) is 39.7 Å². The van der Waals surface area contributed by atoms with E-state index in [0.717, 1.165) is 42.8 Å². The van der Waals surface area contributed by atoms with Crippen LogP contribution >= 0.6 is 23.4 Å². The lowest BCUT2D eigenvalue weighted by Gasteiger charge is -2.20. The third-order valence-electron chi connectivity index (χ3n) is 3.52. The Kier molecular flexibility index (Phi) is 6.51. The predicted octanol–water partition coefficient (Wildman–Crippen LogP) is 2.45. The normalized spacial score (nSPS) is 18.9. The summed E-state index contributed by atoms with van der Waals surface area (Å²) in [5, 5.41) is 7.62. The van der Waals surface area contributed by atoms with E-state index in [9.17, 15) is 0 Å². The molecule has 2 rings (SSSR count). The molecule has 0 amide bonds. The van der Waals surface area contributed by atoms with Crippen LogP contribution in [-0.4, -0.2) is 50.7 Å². The number of anilines is 1. The van der Waals surface area contributed by atoms with E-state index in [0.29, 0.717) is 6.04 Å². The van der Waals surface area contributed by atoms with Crippen LogP contribution in [0.15, 0.2) is 29.3 Å². The van der Waals surface area contributed by atoms with Gasteiger partial charge in [0.2, 0.25) is 0 Å². The molecule has 1 heterocycles. The Morgan fingerprint density at radius 1 is 1.52 bits per heavy atom. The van der Waals surface area contributed by atoms with E-state index in [1.807, 2.05) is 37.0 Å². The number of guanidine groups is 1. The van der Waals surface area contributed by atoms with Gasteiger partial charge in [0.15, 0.2) is 5.96 Å². The zero-order chi connectivity index (χ0) is 15.1. The van der Waals surface area contributed by atoms with E-state index in [-0.39, 0.29) is 0 Å². The summed E-state index contributed by atoms with van der Waals surface area (Å²) < 4.78 is 0. The number of halogens is 1. The Morgan fingerprint density at radius 3 is 3.10 bits per heavy atom. The van der Waals surface area contributed by atoms with Gasteiger partial charge in [0, 0.05) is 49.2 Å². The summed E-state index contributed by atoms with van der Waals surface area (Å²) in [5.41, 5.74) is 1.19. The molecular formula is C15H23ClN4S. The van der Waals surface area contributed by atoms with Gasteiger partial charge in [-0.3, -0.25) is 4.99 Å². The molecule has 1 aromatic carbocycles. The number of hydrogen-bond donors (Lipinski definition) is 2. The van der Waals surface area contributed by atoms with Crippen molar-refractivity contribution in [2.45, 2.75) is 12.5 Å². The molecule has 1 aliphatic rings. The van der Waals surface area contributed by atoms with Crippen molar-refractivity contribution in [2.24, 2.45) is 4.99 Å². The Labute approximate surface area is 136 Å². The summed E-state index contributed by atoms with van der Waals surface area (Å²) in [6.07, 6.45) is 3.22. The van der Waals surface area contributed by atoms with Crippen LogP contribution in [0.4, 0.5) is 5.69 Å². The third kappa shape index (κ3) is 5.00. The summed E-state index contributed by atoms with van der Waals surface area (Å²) in [5.74, 6) is 1.97. The van der Waals surface area contributed by atoms with Gasteiger partial charge in [-0.2, -0.15) is 11.8 Å². The van der Waals surface area contributed by atoms with E-state index >= 15 is 0 Å². The van der Waals surface area contributed by atoms with Gasteiger partial charge in [0.25, 0.3) is 0 Å². The summed E-state index contributed by atoms with van der Waals surface area (Å²) in [7, 11) is 1.82. The highest BCUT2D eigenvalue weighted by molar-refractivity contribution is 7.98. The van der Waals surface area contributed by atoms with Crippen LogP contribution in [0.1, 0.15) is 6.42 Å². The molecule has 1 atom stereocenters. The molecule has 1 aromatic rings. The SMILES string of the molecule is CN=C(NCCSC)NC1CCN(c2cccc(Cl)c2)C1. The second kappa shape index (κ2) is 8.39. The standard InChI is InChI=1S/C15H23ClN4S/c1-17-15(18-7-9-21-2)19-13-6-8-20(11-13)14-5-3-4-12(16)10-14/h3-5,10,13H,6-9,11H2,1-2H3,(H2,17,18,19). The van der Waals surface area contributed by atoms with Crippen molar-refractivity contribution in [3.8, 4) is 0 Å². The van der Waals surface area contributed by atoms with Crippen molar-refractivity contribution in [1.82, 2.24) is 10.6 Å². The quantitative estimate of drug-likeness (QED) is 0.495. The van der Waals surface area contributed by atoms with Gasteiger partial charge in [-0.05, 0) is 30.9 Å². The van der Waals surface area contributed by atoms with Crippen LogP contribution in [0.3, 0.4) is 0 Å².